The van der Waals surface area contributed by atoms with Gasteiger partial charge in [-0.05, 0) is 5.92 Å². The van der Waals surface area contributed by atoms with Crippen LogP contribution >= 0.6 is 24.2 Å². The molecule has 82 valence electrons. The number of thioether (sulfide) groups is 1. The van der Waals surface area contributed by atoms with E-state index < -0.39 is 6.04 Å². The molecule has 1 rings (SSSR count). The predicted molar refractivity (Wildman–Crippen MR) is 63.0 cm³/mol. The highest BCUT2D eigenvalue weighted by Gasteiger charge is 2.19. The SMILES string of the molecule is CC(C)[C@H](N)C(=O)NC1=NCCS1.Cl. The van der Waals surface area contributed by atoms with Crippen molar-refractivity contribution < 1.29 is 4.79 Å². The maximum atomic E-state index is 11.4. The second kappa shape index (κ2) is 6.27. The molecule has 0 radical (unpaired) electrons. The molecule has 3 N–H and O–H groups in total. The summed E-state index contributed by atoms with van der Waals surface area (Å²) in [5, 5.41) is 3.42. The van der Waals surface area contributed by atoms with Crippen molar-refractivity contribution in [2.45, 2.75) is 19.9 Å². The van der Waals surface area contributed by atoms with Gasteiger partial charge in [-0.3, -0.25) is 9.79 Å². The van der Waals surface area contributed by atoms with Gasteiger partial charge in [0, 0.05) is 5.75 Å². The highest BCUT2D eigenvalue weighted by molar-refractivity contribution is 8.14. The lowest BCUT2D eigenvalue weighted by Gasteiger charge is -2.14. The number of carbonyl (C=O) groups is 1. The number of hydrogen-bond donors (Lipinski definition) is 2. The molecule has 1 aliphatic heterocycles. The molecular formula is C8H16ClN3OS. The molecule has 0 saturated carbocycles. The van der Waals surface area contributed by atoms with Gasteiger partial charge in [-0.1, -0.05) is 25.6 Å². The normalized spacial score (nSPS) is 17.3. The third-order valence-electron chi connectivity index (χ3n) is 1.84. The number of halogens is 1. The molecule has 1 aliphatic rings. The van der Waals surface area contributed by atoms with Crippen molar-refractivity contribution in [2.75, 3.05) is 12.3 Å². The Morgan fingerprint density at radius 3 is 2.71 bits per heavy atom. The average Bonchev–Trinajstić information content (AvgIpc) is 2.55. The van der Waals surface area contributed by atoms with Gasteiger partial charge < -0.3 is 11.1 Å². The van der Waals surface area contributed by atoms with E-state index in [0.717, 1.165) is 12.3 Å². The molecule has 1 heterocycles. The third kappa shape index (κ3) is 3.86. The third-order valence-corrected chi connectivity index (χ3v) is 2.73. The fourth-order valence-electron chi connectivity index (χ4n) is 0.902. The number of amidine groups is 1. The molecule has 4 nitrogen and oxygen atoms in total. The summed E-state index contributed by atoms with van der Waals surface area (Å²) in [5.41, 5.74) is 5.66. The number of hydrogen-bond acceptors (Lipinski definition) is 4. The Morgan fingerprint density at radius 1 is 1.64 bits per heavy atom. The van der Waals surface area contributed by atoms with E-state index in [1.165, 1.54) is 0 Å². The average molecular weight is 238 g/mol. The Morgan fingerprint density at radius 2 is 2.29 bits per heavy atom. The van der Waals surface area contributed by atoms with Crippen LogP contribution in [0.1, 0.15) is 13.8 Å². The molecule has 0 aliphatic carbocycles. The molecule has 0 aromatic rings. The minimum Gasteiger partial charge on any atom is -0.320 e. The summed E-state index contributed by atoms with van der Waals surface area (Å²) in [4.78, 5) is 15.5. The van der Waals surface area contributed by atoms with Crippen molar-refractivity contribution in [3.05, 3.63) is 0 Å². The Hall–Kier alpha value is -0.260. The predicted octanol–water partition coefficient (Wildman–Crippen LogP) is 0.611. The summed E-state index contributed by atoms with van der Waals surface area (Å²) in [6.07, 6.45) is 0. The first-order valence-electron chi connectivity index (χ1n) is 4.35. The molecule has 0 unspecified atom stereocenters. The topological polar surface area (TPSA) is 67.5 Å². The van der Waals surface area contributed by atoms with Crippen LogP contribution in [0.15, 0.2) is 4.99 Å². The van der Waals surface area contributed by atoms with Gasteiger partial charge >= 0.3 is 0 Å². The summed E-state index contributed by atoms with van der Waals surface area (Å²) >= 11 is 1.56. The van der Waals surface area contributed by atoms with E-state index in [1.807, 2.05) is 13.8 Å². The lowest BCUT2D eigenvalue weighted by Crippen LogP contribution is -2.45. The smallest absolute Gasteiger partial charge is 0.243 e. The first kappa shape index (κ1) is 13.7. The van der Waals surface area contributed by atoms with Gasteiger partial charge in [0.1, 0.15) is 0 Å². The molecular weight excluding hydrogens is 222 g/mol. The van der Waals surface area contributed by atoms with E-state index in [0.29, 0.717) is 5.17 Å². The Bertz CT molecular complexity index is 233. The Balaban J connectivity index is 0.00000169. The van der Waals surface area contributed by atoms with Gasteiger partial charge in [-0.15, -0.1) is 12.4 Å². The zero-order valence-corrected chi connectivity index (χ0v) is 9.95. The first-order valence-corrected chi connectivity index (χ1v) is 5.33. The zero-order valence-electron chi connectivity index (χ0n) is 8.32. The molecule has 0 saturated heterocycles. The second-order valence-corrected chi connectivity index (χ2v) is 4.38. The fraction of sp³-hybridized carbons (Fsp3) is 0.750. The van der Waals surface area contributed by atoms with Crippen molar-refractivity contribution in [1.29, 1.82) is 0 Å². The second-order valence-electron chi connectivity index (χ2n) is 3.29. The zero-order chi connectivity index (χ0) is 9.84. The molecule has 0 aromatic heterocycles. The minimum atomic E-state index is -0.441. The summed E-state index contributed by atoms with van der Waals surface area (Å²) in [6.45, 7) is 4.64. The lowest BCUT2D eigenvalue weighted by molar-refractivity contribution is -0.121. The van der Waals surface area contributed by atoms with Crippen molar-refractivity contribution >= 4 is 35.2 Å². The van der Waals surface area contributed by atoms with Gasteiger partial charge in [0.2, 0.25) is 5.91 Å². The summed E-state index contributed by atoms with van der Waals surface area (Å²) in [5.74, 6) is 0.974. The lowest BCUT2D eigenvalue weighted by atomic mass is 10.1. The van der Waals surface area contributed by atoms with Crippen LogP contribution in [-0.2, 0) is 4.79 Å². The number of nitrogens with two attached hydrogens (primary N) is 1. The highest BCUT2D eigenvalue weighted by atomic mass is 35.5. The number of amides is 1. The molecule has 6 heteroatoms. The van der Waals surface area contributed by atoms with E-state index >= 15 is 0 Å². The maximum absolute atomic E-state index is 11.4. The van der Waals surface area contributed by atoms with Crippen molar-refractivity contribution in [1.82, 2.24) is 5.32 Å². The molecule has 0 bridgehead atoms. The quantitative estimate of drug-likeness (QED) is 0.740. The highest BCUT2D eigenvalue weighted by Crippen LogP contribution is 2.09. The van der Waals surface area contributed by atoms with Gasteiger partial charge in [-0.25, -0.2) is 0 Å². The monoisotopic (exact) mass is 237 g/mol. The minimum absolute atomic E-state index is 0. The standard InChI is InChI=1S/C8H15N3OS.ClH/c1-5(2)6(9)7(12)11-8-10-3-4-13-8;/h5-6H,3-4,9H2,1-2H3,(H,10,11,12);1H/t6-;/m0./s1. The van der Waals surface area contributed by atoms with Crippen molar-refractivity contribution in [2.24, 2.45) is 16.6 Å². The Kier molecular flexibility index (Phi) is 6.15. The van der Waals surface area contributed by atoms with Crippen LogP contribution in [0.4, 0.5) is 0 Å². The maximum Gasteiger partial charge on any atom is 0.243 e. The number of rotatable bonds is 2. The molecule has 1 amide bonds. The number of nitrogens with zero attached hydrogens (tertiary/aromatic N) is 1. The van der Waals surface area contributed by atoms with Crippen LogP contribution in [-0.4, -0.2) is 29.4 Å². The van der Waals surface area contributed by atoms with Gasteiger partial charge in [-0.2, -0.15) is 0 Å². The summed E-state index contributed by atoms with van der Waals surface area (Å²) in [6, 6.07) is -0.441. The van der Waals surface area contributed by atoms with E-state index in [4.69, 9.17) is 5.73 Å². The fourth-order valence-corrected chi connectivity index (χ4v) is 1.63. The summed E-state index contributed by atoms with van der Waals surface area (Å²) < 4.78 is 0. The van der Waals surface area contributed by atoms with Gasteiger partial charge in [0.05, 0.1) is 12.6 Å². The van der Waals surface area contributed by atoms with Crippen LogP contribution in [0.2, 0.25) is 0 Å². The van der Waals surface area contributed by atoms with E-state index in [2.05, 4.69) is 10.3 Å². The molecule has 0 fully saturated rings. The summed E-state index contributed by atoms with van der Waals surface area (Å²) in [7, 11) is 0. The van der Waals surface area contributed by atoms with Crippen LogP contribution in [0.3, 0.4) is 0 Å². The van der Waals surface area contributed by atoms with Crippen LogP contribution < -0.4 is 11.1 Å². The molecule has 14 heavy (non-hydrogen) atoms. The van der Waals surface area contributed by atoms with Crippen molar-refractivity contribution in [3.8, 4) is 0 Å². The van der Waals surface area contributed by atoms with Gasteiger partial charge in [0.15, 0.2) is 5.17 Å². The van der Waals surface area contributed by atoms with Crippen molar-refractivity contribution in [3.63, 3.8) is 0 Å². The van der Waals surface area contributed by atoms with E-state index in [1.54, 1.807) is 11.8 Å². The molecule has 0 aromatic carbocycles. The largest absolute Gasteiger partial charge is 0.320 e. The van der Waals surface area contributed by atoms with E-state index in [-0.39, 0.29) is 24.2 Å². The Labute approximate surface area is 94.5 Å². The number of aliphatic imine (C=N–C) groups is 1. The first-order chi connectivity index (χ1) is 6.11. The number of carbonyl (C=O) groups excluding carboxylic acids is 1. The van der Waals surface area contributed by atoms with Gasteiger partial charge in [0.25, 0.3) is 0 Å². The van der Waals surface area contributed by atoms with E-state index in [9.17, 15) is 4.79 Å². The molecule has 1 atom stereocenters. The van der Waals surface area contributed by atoms with Crippen LogP contribution in [0, 0.1) is 5.92 Å². The van der Waals surface area contributed by atoms with Crippen LogP contribution in [0.5, 0.6) is 0 Å². The number of nitrogens with one attached hydrogen (secondary N) is 1. The molecule has 0 spiro atoms. The van der Waals surface area contributed by atoms with Crippen LogP contribution in [0.25, 0.3) is 0 Å².